The standard InChI is InChI=1S/C11H9F3O/c1-2-3-10(15)8-4-6-9(7-5-8)11(12,13)14/h1,4-7,10,15H,3H2/t10-/m1/s1. The highest BCUT2D eigenvalue weighted by molar-refractivity contribution is 5.26. The van der Waals surface area contributed by atoms with Gasteiger partial charge in [0.1, 0.15) is 0 Å². The van der Waals surface area contributed by atoms with Crippen molar-refractivity contribution in [1.82, 2.24) is 0 Å². The lowest BCUT2D eigenvalue weighted by Gasteiger charge is -2.10. The van der Waals surface area contributed by atoms with Gasteiger partial charge in [0.15, 0.2) is 0 Å². The van der Waals surface area contributed by atoms with Crippen molar-refractivity contribution in [2.24, 2.45) is 0 Å². The summed E-state index contributed by atoms with van der Waals surface area (Å²) in [6.07, 6.45) is -0.192. The van der Waals surface area contributed by atoms with Gasteiger partial charge in [0.05, 0.1) is 11.7 Å². The van der Waals surface area contributed by atoms with Crippen LogP contribution in [0.1, 0.15) is 23.7 Å². The van der Waals surface area contributed by atoms with Crippen LogP contribution >= 0.6 is 0 Å². The zero-order valence-corrected chi connectivity index (χ0v) is 7.75. The minimum absolute atomic E-state index is 0.0887. The summed E-state index contributed by atoms with van der Waals surface area (Å²) in [5.41, 5.74) is -0.347. The van der Waals surface area contributed by atoms with Gasteiger partial charge >= 0.3 is 6.18 Å². The molecule has 0 spiro atoms. The van der Waals surface area contributed by atoms with E-state index in [4.69, 9.17) is 6.42 Å². The minimum atomic E-state index is -4.35. The van der Waals surface area contributed by atoms with Crippen molar-refractivity contribution in [2.45, 2.75) is 18.7 Å². The number of halogens is 3. The number of terminal acetylenes is 1. The number of hydrogen-bond donors (Lipinski definition) is 1. The molecule has 0 amide bonds. The van der Waals surface area contributed by atoms with Gasteiger partial charge in [0.25, 0.3) is 0 Å². The molecule has 0 bridgehead atoms. The van der Waals surface area contributed by atoms with Gasteiger partial charge in [0.2, 0.25) is 0 Å². The lowest BCUT2D eigenvalue weighted by molar-refractivity contribution is -0.137. The van der Waals surface area contributed by atoms with E-state index in [-0.39, 0.29) is 6.42 Å². The van der Waals surface area contributed by atoms with Crippen molar-refractivity contribution < 1.29 is 18.3 Å². The van der Waals surface area contributed by atoms with Gasteiger partial charge in [-0.3, -0.25) is 0 Å². The molecule has 15 heavy (non-hydrogen) atoms. The van der Waals surface area contributed by atoms with E-state index in [9.17, 15) is 18.3 Å². The topological polar surface area (TPSA) is 20.2 Å². The van der Waals surface area contributed by atoms with E-state index in [1.54, 1.807) is 0 Å². The third-order valence-electron chi connectivity index (χ3n) is 1.93. The van der Waals surface area contributed by atoms with Crippen LogP contribution in [0.3, 0.4) is 0 Å². The first kappa shape index (κ1) is 11.6. The molecule has 0 unspecified atom stereocenters. The van der Waals surface area contributed by atoms with Crippen molar-refractivity contribution in [3.63, 3.8) is 0 Å². The van der Waals surface area contributed by atoms with Crippen LogP contribution < -0.4 is 0 Å². The fraction of sp³-hybridized carbons (Fsp3) is 0.273. The van der Waals surface area contributed by atoms with E-state index in [1.807, 2.05) is 0 Å². The van der Waals surface area contributed by atoms with Gasteiger partial charge in [0, 0.05) is 6.42 Å². The zero-order chi connectivity index (χ0) is 11.5. The summed E-state index contributed by atoms with van der Waals surface area (Å²) in [4.78, 5) is 0. The quantitative estimate of drug-likeness (QED) is 0.750. The van der Waals surface area contributed by atoms with Crippen LogP contribution in [0.2, 0.25) is 0 Å². The Balaban J connectivity index is 2.87. The van der Waals surface area contributed by atoms with E-state index in [0.717, 1.165) is 12.1 Å². The largest absolute Gasteiger partial charge is 0.416 e. The number of aliphatic hydroxyl groups excluding tert-OH is 1. The van der Waals surface area contributed by atoms with Crippen molar-refractivity contribution in [3.05, 3.63) is 35.4 Å². The van der Waals surface area contributed by atoms with Gasteiger partial charge in [-0.05, 0) is 17.7 Å². The van der Waals surface area contributed by atoms with Gasteiger partial charge in [-0.15, -0.1) is 12.3 Å². The molecule has 1 atom stereocenters. The van der Waals surface area contributed by atoms with Crippen LogP contribution in [0.4, 0.5) is 13.2 Å². The van der Waals surface area contributed by atoms with Gasteiger partial charge < -0.3 is 5.11 Å². The minimum Gasteiger partial charge on any atom is -0.387 e. The zero-order valence-electron chi connectivity index (χ0n) is 7.75. The first-order chi connectivity index (χ1) is 6.95. The van der Waals surface area contributed by atoms with Gasteiger partial charge in [-0.2, -0.15) is 13.2 Å². The lowest BCUT2D eigenvalue weighted by Crippen LogP contribution is -2.05. The van der Waals surface area contributed by atoms with Gasteiger partial charge in [-0.1, -0.05) is 12.1 Å². The van der Waals surface area contributed by atoms with Crippen molar-refractivity contribution in [3.8, 4) is 12.3 Å². The highest BCUT2D eigenvalue weighted by Crippen LogP contribution is 2.30. The molecule has 4 heteroatoms. The molecule has 0 saturated carbocycles. The van der Waals surface area contributed by atoms with Crippen molar-refractivity contribution >= 4 is 0 Å². The van der Waals surface area contributed by atoms with Crippen LogP contribution in [0.25, 0.3) is 0 Å². The Bertz CT molecular complexity index is 359. The Hall–Kier alpha value is -1.47. The van der Waals surface area contributed by atoms with Crippen LogP contribution in [0, 0.1) is 12.3 Å². The molecule has 0 aliphatic rings. The Morgan fingerprint density at radius 1 is 1.27 bits per heavy atom. The van der Waals surface area contributed by atoms with Crippen LogP contribution in [0.5, 0.6) is 0 Å². The molecule has 0 heterocycles. The summed E-state index contributed by atoms with van der Waals surface area (Å²) in [5.74, 6) is 2.24. The fourth-order valence-corrected chi connectivity index (χ4v) is 1.12. The summed E-state index contributed by atoms with van der Waals surface area (Å²) in [7, 11) is 0. The van der Waals surface area contributed by atoms with Crippen LogP contribution in [-0.4, -0.2) is 5.11 Å². The summed E-state index contributed by atoms with van der Waals surface area (Å²) in [6.45, 7) is 0. The lowest BCUT2D eigenvalue weighted by atomic mass is 10.0. The Labute approximate surface area is 85.5 Å². The number of aliphatic hydroxyl groups is 1. The third-order valence-corrected chi connectivity index (χ3v) is 1.93. The molecule has 0 aromatic heterocycles. The predicted molar refractivity (Wildman–Crippen MR) is 49.9 cm³/mol. The van der Waals surface area contributed by atoms with Crippen molar-refractivity contribution in [2.75, 3.05) is 0 Å². The van der Waals surface area contributed by atoms with E-state index < -0.39 is 17.8 Å². The molecular weight excluding hydrogens is 205 g/mol. The second kappa shape index (κ2) is 4.37. The van der Waals surface area contributed by atoms with E-state index >= 15 is 0 Å². The highest BCUT2D eigenvalue weighted by atomic mass is 19.4. The molecule has 1 nitrogen and oxygen atoms in total. The molecule has 0 aliphatic carbocycles. The van der Waals surface area contributed by atoms with E-state index in [1.165, 1.54) is 12.1 Å². The third kappa shape index (κ3) is 3.00. The molecule has 1 aromatic carbocycles. The smallest absolute Gasteiger partial charge is 0.387 e. The maximum Gasteiger partial charge on any atom is 0.416 e. The molecule has 0 saturated heterocycles. The van der Waals surface area contributed by atoms with Crippen LogP contribution in [0.15, 0.2) is 24.3 Å². The monoisotopic (exact) mass is 214 g/mol. The summed E-state index contributed by atoms with van der Waals surface area (Å²) in [5, 5.41) is 9.39. The van der Waals surface area contributed by atoms with E-state index in [0.29, 0.717) is 5.56 Å². The molecular formula is C11H9F3O. The second-order valence-electron chi connectivity index (χ2n) is 3.04. The molecule has 1 N–H and O–H groups in total. The number of benzene rings is 1. The average molecular weight is 214 g/mol. The molecule has 0 radical (unpaired) electrons. The van der Waals surface area contributed by atoms with E-state index in [2.05, 4.69) is 5.92 Å². The Kier molecular flexibility index (Phi) is 3.38. The van der Waals surface area contributed by atoms with Crippen molar-refractivity contribution in [1.29, 1.82) is 0 Å². The van der Waals surface area contributed by atoms with Gasteiger partial charge in [-0.25, -0.2) is 0 Å². The molecule has 0 fully saturated rings. The fourth-order valence-electron chi connectivity index (χ4n) is 1.12. The summed E-state index contributed by atoms with van der Waals surface area (Å²) >= 11 is 0. The first-order valence-corrected chi connectivity index (χ1v) is 4.24. The Morgan fingerprint density at radius 3 is 2.20 bits per heavy atom. The molecule has 1 aromatic rings. The normalized spacial score (nSPS) is 13.3. The SMILES string of the molecule is C#CC[C@@H](O)c1ccc(C(F)(F)F)cc1. The summed E-state index contributed by atoms with van der Waals surface area (Å²) in [6, 6.07) is 4.31. The first-order valence-electron chi connectivity index (χ1n) is 4.24. The summed E-state index contributed by atoms with van der Waals surface area (Å²) < 4.78 is 36.5. The highest BCUT2D eigenvalue weighted by Gasteiger charge is 2.30. The number of hydrogen-bond acceptors (Lipinski definition) is 1. The average Bonchev–Trinajstić information content (AvgIpc) is 2.17. The number of rotatable bonds is 2. The maximum absolute atomic E-state index is 12.2. The maximum atomic E-state index is 12.2. The molecule has 80 valence electrons. The molecule has 1 rings (SSSR count). The molecule has 0 aliphatic heterocycles. The van der Waals surface area contributed by atoms with Crippen LogP contribution in [-0.2, 0) is 6.18 Å². The number of alkyl halides is 3. The second-order valence-corrected chi connectivity index (χ2v) is 3.04. The Morgan fingerprint density at radius 2 is 1.80 bits per heavy atom. The predicted octanol–water partition coefficient (Wildman–Crippen LogP) is 2.76.